The molecule has 0 saturated carbocycles. The lowest BCUT2D eigenvalue weighted by atomic mass is 9.81. The molecule has 0 unspecified atom stereocenters. The summed E-state index contributed by atoms with van der Waals surface area (Å²) < 4.78 is 5.10. The SMILES string of the molecule is Cc1nc([C@@H]2CCCN2C(=O)C[C@H]2CCCc3ccccc32)no1. The van der Waals surface area contributed by atoms with Gasteiger partial charge in [0.1, 0.15) is 0 Å². The first-order valence-corrected chi connectivity index (χ1v) is 8.90. The molecular formula is C19H23N3O2. The Morgan fingerprint density at radius 3 is 3.00 bits per heavy atom. The zero-order chi connectivity index (χ0) is 16.5. The molecule has 2 aromatic rings. The van der Waals surface area contributed by atoms with Crippen molar-refractivity contribution in [2.45, 2.75) is 57.4 Å². The van der Waals surface area contributed by atoms with Crippen LogP contribution in [0.5, 0.6) is 0 Å². The molecule has 0 bridgehead atoms. The molecule has 1 amide bonds. The average Bonchev–Trinajstić information content (AvgIpc) is 3.24. The minimum absolute atomic E-state index is 0.0196. The fourth-order valence-corrected chi connectivity index (χ4v) is 4.18. The van der Waals surface area contributed by atoms with Crippen molar-refractivity contribution in [1.29, 1.82) is 0 Å². The van der Waals surface area contributed by atoms with Gasteiger partial charge in [0, 0.05) is 19.9 Å². The van der Waals surface area contributed by atoms with Crippen LogP contribution in [0.1, 0.15) is 66.9 Å². The molecule has 2 atom stereocenters. The molecule has 1 aliphatic carbocycles. The zero-order valence-corrected chi connectivity index (χ0v) is 14.1. The second-order valence-electron chi connectivity index (χ2n) is 6.91. The highest BCUT2D eigenvalue weighted by atomic mass is 16.5. The third-order valence-corrected chi connectivity index (χ3v) is 5.33. The smallest absolute Gasteiger partial charge is 0.223 e. The maximum absolute atomic E-state index is 13.0. The molecule has 24 heavy (non-hydrogen) atoms. The van der Waals surface area contributed by atoms with Gasteiger partial charge in [-0.15, -0.1) is 0 Å². The number of carbonyl (C=O) groups is 1. The van der Waals surface area contributed by atoms with Gasteiger partial charge >= 0.3 is 0 Å². The normalized spacial score (nSPS) is 23.3. The standard InChI is InChI=1S/C19H23N3O2/c1-13-20-19(21-24-13)17-10-5-11-22(17)18(23)12-15-8-4-7-14-6-2-3-9-16(14)15/h2-3,6,9,15,17H,4-5,7-8,10-12H2,1H3/t15-,17+/m1/s1. The molecule has 1 aromatic carbocycles. The van der Waals surface area contributed by atoms with Crippen molar-refractivity contribution in [3.63, 3.8) is 0 Å². The number of rotatable bonds is 3. The minimum Gasteiger partial charge on any atom is -0.340 e. The Kier molecular flexibility index (Phi) is 4.08. The van der Waals surface area contributed by atoms with E-state index in [4.69, 9.17) is 4.52 Å². The van der Waals surface area contributed by atoms with Gasteiger partial charge in [-0.25, -0.2) is 0 Å². The fourth-order valence-electron chi connectivity index (χ4n) is 4.18. The van der Waals surface area contributed by atoms with Crippen LogP contribution in [-0.4, -0.2) is 27.5 Å². The molecule has 1 aromatic heterocycles. The van der Waals surface area contributed by atoms with Gasteiger partial charge in [-0.05, 0) is 49.1 Å². The van der Waals surface area contributed by atoms with Crippen molar-refractivity contribution < 1.29 is 9.32 Å². The molecule has 5 nitrogen and oxygen atoms in total. The quantitative estimate of drug-likeness (QED) is 0.866. The van der Waals surface area contributed by atoms with Crippen LogP contribution in [0, 0.1) is 6.92 Å². The lowest BCUT2D eigenvalue weighted by Gasteiger charge is -2.28. The lowest BCUT2D eigenvalue weighted by molar-refractivity contribution is -0.132. The summed E-state index contributed by atoms with van der Waals surface area (Å²) in [6.07, 6.45) is 5.92. The van der Waals surface area contributed by atoms with Crippen molar-refractivity contribution in [1.82, 2.24) is 15.0 Å². The van der Waals surface area contributed by atoms with Gasteiger partial charge in [-0.2, -0.15) is 4.98 Å². The Morgan fingerprint density at radius 1 is 1.29 bits per heavy atom. The predicted molar refractivity (Wildman–Crippen MR) is 89.5 cm³/mol. The summed E-state index contributed by atoms with van der Waals surface area (Å²) in [5, 5.41) is 4.03. The number of fused-ring (bicyclic) bond motifs is 1. The van der Waals surface area contributed by atoms with Crippen molar-refractivity contribution in [2.24, 2.45) is 0 Å². The van der Waals surface area contributed by atoms with Crippen LogP contribution < -0.4 is 0 Å². The fraction of sp³-hybridized carbons (Fsp3) is 0.526. The van der Waals surface area contributed by atoms with Gasteiger partial charge in [0.05, 0.1) is 6.04 Å². The summed E-state index contributed by atoms with van der Waals surface area (Å²) in [5.41, 5.74) is 2.77. The van der Waals surface area contributed by atoms with Crippen molar-refractivity contribution in [3.8, 4) is 0 Å². The summed E-state index contributed by atoms with van der Waals surface area (Å²) in [6.45, 7) is 2.59. The number of carbonyl (C=O) groups excluding carboxylic acids is 1. The second-order valence-corrected chi connectivity index (χ2v) is 6.91. The number of aromatic nitrogens is 2. The van der Waals surface area contributed by atoms with Gasteiger partial charge in [0.2, 0.25) is 11.8 Å². The van der Waals surface area contributed by atoms with Gasteiger partial charge in [-0.3, -0.25) is 4.79 Å². The van der Waals surface area contributed by atoms with Crippen LogP contribution in [0.25, 0.3) is 0 Å². The minimum atomic E-state index is -0.0196. The molecule has 1 fully saturated rings. The largest absolute Gasteiger partial charge is 0.340 e. The first-order chi connectivity index (χ1) is 11.7. The van der Waals surface area contributed by atoms with E-state index < -0.39 is 0 Å². The second kappa shape index (κ2) is 6.38. The molecular weight excluding hydrogens is 302 g/mol. The summed E-state index contributed by atoms with van der Waals surface area (Å²) in [4.78, 5) is 19.2. The topological polar surface area (TPSA) is 59.2 Å². The Hall–Kier alpha value is -2.17. The Labute approximate surface area is 142 Å². The number of hydrogen-bond acceptors (Lipinski definition) is 4. The monoisotopic (exact) mass is 325 g/mol. The van der Waals surface area contributed by atoms with Crippen molar-refractivity contribution in [3.05, 3.63) is 47.1 Å². The Bertz CT molecular complexity index is 740. The molecule has 1 saturated heterocycles. The van der Waals surface area contributed by atoms with Gasteiger partial charge in [0.25, 0.3) is 0 Å². The lowest BCUT2D eigenvalue weighted by Crippen LogP contribution is -2.32. The first kappa shape index (κ1) is 15.4. The van der Waals surface area contributed by atoms with Gasteiger partial charge in [0.15, 0.2) is 5.82 Å². The van der Waals surface area contributed by atoms with E-state index in [-0.39, 0.29) is 11.9 Å². The number of hydrogen-bond donors (Lipinski definition) is 0. The summed E-state index contributed by atoms with van der Waals surface area (Å²) in [5.74, 6) is 1.78. The first-order valence-electron chi connectivity index (χ1n) is 8.90. The molecule has 0 N–H and O–H groups in total. The highest BCUT2D eigenvalue weighted by Gasteiger charge is 2.34. The molecule has 126 valence electrons. The summed E-state index contributed by atoms with van der Waals surface area (Å²) >= 11 is 0. The third kappa shape index (κ3) is 2.83. The third-order valence-electron chi connectivity index (χ3n) is 5.33. The van der Waals surface area contributed by atoms with E-state index in [9.17, 15) is 4.79 Å². The highest BCUT2D eigenvalue weighted by Crippen LogP contribution is 2.37. The average molecular weight is 325 g/mol. The maximum Gasteiger partial charge on any atom is 0.223 e. The van der Waals surface area contributed by atoms with E-state index in [1.807, 2.05) is 4.90 Å². The molecule has 5 heteroatoms. The Morgan fingerprint density at radius 2 is 2.17 bits per heavy atom. The van der Waals surface area contributed by atoms with Crippen LogP contribution in [0.4, 0.5) is 0 Å². The number of benzene rings is 1. The Balaban J connectivity index is 1.50. The molecule has 2 heterocycles. The van der Waals surface area contributed by atoms with Crippen LogP contribution in [0.2, 0.25) is 0 Å². The van der Waals surface area contributed by atoms with Crippen LogP contribution >= 0.6 is 0 Å². The van der Waals surface area contributed by atoms with Crippen LogP contribution in [-0.2, 0) is 11.2 Å². The van der Waals surface area contributed by atoms with Crippen molar-refractivity contribution >= 4 is 5.91 Å². The molecule has 0 spiro atoms. The number of nitrogens with zero attached hydrogens (tertiary/aromatic N) is 3. The summed E-state index contributed by atoms with van der Waals surface area (Å²) in [6, 6.07) is 8.55. The van der Waals surface area contributed by atoms with Crippen molar-refractivity contribution in [2.75, 3.05) is 6.54 Å². The summed E-state index contributed by atoms with van der Waals surface area (Å²) in [7, 11) is 0. The van der Waals surface area contributed by atoms with Gasteiger partial charge < -0.3 is 9.42 Å². The number of aryl methyl sites for hydroxylation is 2. The van der Waals surface area contributed by atoms with E-state index in [2.05, 4.69) is 34.4 Å². The van der Waals surface area contributed by atoms with E-state index in [1.54, 1.807) is 6.92 Å². The number of amides is 1. The van der Waals surface area contributed by atoms with E-state index in [1.165, 1.54) is 17.5 Å². The van der Waals surface area contributed by atoms with Gasteiger partial charge in [-0.1, -0.05) is 29.4 Å². The number of likely N-dealkylation sites (tertiary alicyclic amines) is 1. The van der Waals surface area contributed by atoms with E-state index in [0.29, 0.717) is 24.1 Å². The molecule has 2 aliphatic rings. The highest BCUT2D eigenvalue weighted by molar-refractivity contribution is 5.78. The molecule has 4 rings (SSSR count). The zero-order valence-electron chi connectivity index (χ0n) is 14.1. The molecule has 1 aliphatic heterocycles. The maximum atomic E-state index is 13.0. The molecule has 0 radical (unpaired) electrons. The van der Waals surface area contributed by atoms with E-state index >= 15 is 0 Å². The van der Waals surface area contributed by atoms with Crippen LogP contribution in [0.15, 0.2) is 28.8 Å². The predicted octanol–water partition coefficient (Wildman–Crippen LogP) is 3.55. The van der Waals surface area contributed by atoms with Crippen LogP contribution in [0.3, 0.4) is 0 Å². The van der Waals surface area contributed by atoms with E-state index in [0.717, 1.165) is 32.2 Å².